The first-order valence-electron chi connectivity index (χ1n) is 8.64. The van der Waals surface area contributed by atoms with Gasteiger partial charge in [0.1, 0.15) is 11.4 Å². The molecule has 0 saturated carbocycles. The van der Waals surface area contributed by atoms with E-state index in [0.29, 0.717) is 28.9 Å². The van der Waals surface area contributed by atoms with E-state index in [1.807, 2.05) is 38.1 Å². The molecule has 0 aliphatic rings. The highest BCUT2D eigenvalue weighted by Gasteiger charge is 2.18. The Morgan fingerprint density at radius 2 is 1.77 bits per heavy atom. The molecule has 4 aromatic rings. The highest BCUT2D eigenvalue weighted by atomic mass is 16.3. The Morgan fingerprint density at radius 1 is 1.04 bits per heavy atom. The van der Waals surface area contributed by atoms with E-state index in [1.165, 1.54) is 4.57 Å². The predicted molar refractivity (Wildman–Crippen MR) is 102 cm³/mol. The fraction of sp³-hybridized carbons (Fsp3) is 0.190. The van der Waals surface area contributed by atoms with E-state index in [4.69, 9.17) is 4.42 Å². The van der Waals surface area contributed by atoms with Gasteiger partial charge in [0.2, 0.25) is 11.1 Å². The third-order valence-electron chi connectivity index (χ3n) is 4.45. The molecule has 0 saturated heterocycles. The SMILES string of the molecule is CCCc1nc2oc3ccccc3c(=O)c2c(=O)n1-c1ccc(C)cc1. The van der Waals surface area contributed by atoms with E-state index in [9.17, 15) is 9.59 Å². The van der Waals surface area contributed by atoms with Gasteiger partial charge in [0.05, 0.1) is 11.1 Å². The van der Waals surface area contributed by atoms with Crippen LogP contribution in [0.4, 0.5) is 0 Å². The van der Waals surface area contributed by atoms with Gasteiger partial charge in [-0.25, -0.2) is 0 Å². The molecule has 0 aliphatic carbocycles. The molecule has 0 radical (unpaired) electrons. The fourth-order valence-corrected chi connectivity index (χ4v) is 3.15. The minimum Gasteiger partial charge on any atom is -0.437 e. The summed E-state index contributed by atoms with van der Waals surface area (Å²) in [7, 11) is 0. The molecular weight excluding hydrogens is 328 g/mol. The molecule has 0 atom stereocenters. The fourth-order valence-electron chi connectivity index (χ4n) is 3.15. The van der Waals surface area contributed by atoms with Gasteiger partial charge >= 0.3 is 0 Å². The Labute approximate surface area is 149 Å². The van der Waals surface area contributed by atoms with Crippen LogP contribution in [-0.4, -0.2) is 9.55 Å². The second kappa shape index (κ2) is 6.26. The Hall–Kier alpha value is -3.21. The van der Waals surface area contributed by atoms with Crippen LogP contribution in [0.5, 0.6) is 0 Å². The third-order valence-corrected chi connectivity index (χ3v) is 4.45. The van der Waals surface area contributed by atoms with Crippen molar-refractivity contribution in [2.24, 2.45) is 0 Å². The first-order chi connectivity index (χ1) is 12.6. The average molecular weight is 346 g/mol. The molecule has 0 N–H and O–H groups in total. The zero-order chi connectivity index (χ0) is 18.3. The number of rotatable bonds is 3. The molecule has 4 rings (SSSR count). The lowest BCUT2D eigenvalue weighted by Crippen LogP contribution is -2.27. The Bertz CT molecular complexity index is 1230. The summed E-state index contributed by atoms with van der Waals surface area (Å²) in [6.07, 6.45) is 1.43. The van der Waals surface area contributed by atoms with Crippen LogP contribution in [-0.2, 0) is 6.42 Å². The van der Waals surface area contributed by atoms with Crippen molar-refractivity contribution in [2.75, 3.05) is 0 Å². The van der Waals surface area contributed by atoms with Crippen molar-refractivity contribution in [3.63, 3.8) is 0 Å². The third kappa shape index (κ3) is 2.52. The molecule has 2 aromatic heterocycles. The lowest BCUT2D eigenvalue weighted by molar-refractivity contribution is 0.630. The minimum atomic E-state index is -0.387. The molecule has 0 amide bonds. The van der Waals surface area contributed by atoms with Crippen LogP contribution >= 0.6 is 0 Å². The normalized spacial score (nSPS) is 11.3. The number of hydrogen-bond acceptors (Lipinski definition) is 4. The second-order valence-electron chi connectivity index (χ2n) is 6.36. The van der Waals surface area contributed by atoms with Crippen LogP contribution in [0, 0.1) is 6.92 Å². The van der Waals surface area contributed by atoms with Crippen LogP contribution in [0.15, 0.2) is 62.5 Å². The largest absolute Gasteiger partial charge is 0.437 e. The van der Waals surface area contributed by atoms with Gasteiger partial charge in [-0.1, -0.05) is 36.8 Å². The van der Waals surface area contributed by atoms with E-state index < -0.39 is 0 Å². The summed E-state index contributed by atoms with van der Waals surface area (Å²) in [6.45, 7) is 4.01. The van der Waals surface area contributed by atoms with Crippen LogP contribution in [0.3, 0.4) is 0 Å². The molecule has 130 valence electrons. The number of fused-ring (bicyclic) bond motifs is 2. The van der Waals surface area contributed by atoms with E-state index in [2.05, 4.69) is 4.98 Å². The van der Waals surface area contributed by atoms with Crippen LogP contribution in [0.2, 0.25) is 0 Å². The van der Waals surface area contributed by atoms with Crippen LogP contribution in [0.25, 0.3) is 27.8 Å². The van der Waals surface area contributed by atoms with Gasteiger partial charge < -0.3 is 4.42 Å². The number of aromatic nitrogens is 2. The molecule has 2 heterocycles. The summed E-state index contributed by atoms with van der Waals surface area (Å²) in [6, 6.07) is 14.5. The Balaban J connectivity index is 2.15. The minimum absolute atomic E-state index is 0.0101. The van der Waals surface area contributed by atoms with Crippen molar-refractivity contribution in [3.05, 3.63) is 80.5 Å². The number of hydrogen-bond donors (Lipinski definition) is 0. The second-order valence-corrected chi connectivity index (χ2v) is 6.36. The molecule has 2 aromatic carbocycles. The summed E-state index contributed by atoms with van der Waals surface area (Å²) < 4.78 is 7.31. The molecule has 0 unspecified atom stereocenters. The molecule has 5 heteroatoms. The van der Waals surface area contributed by atoms with Crippen molar-refractivity contribution in [2.45, 2.75) is 26.7 Å². The highest BCUT2D eigenvalue weighted by Crippen LogP contribution is 2.18. The monoisotopic (exact) mass is 346 g/mol. The van der Waals surface area contributed by atoms with Gasteiger partial charge in [-0.05, 0) is 37.6 Å². The van der Waals surface area contributed by atoms with Crippen molar-refractivity contribution < 1.29 is 4.42 Å². The average Bonchev–Trinajstić information content (AvgIpc) is 2.63. The van der Waals surface area contributed by atoms with Gasteiger partial charge in [0.25, 0.3) is 5.56 Å². The lowest BCUT2D eigenvalue weighted by Gasteiger charge is -2.13. The molecule has 5 nitrogen and oxygen atoms in total. The van der Waals surface area contributed by atoms with E-state index in [0.717, 1.165) is 12.0 Å². The zero-order valence-electron chi connectivity index (χ0n) is 14.7. The Kier molecular flexibility index (Phi) is 3.92. The maximum atomic E-state index is 13.2. The summed E-state index contributed by atoms with van der Waals surface area (Å²) in [4.78, 5) is 30.7. The van der Waals surface area contributed by atoms with E-state index >= 15 is 0 Å². The van der Waals surface area contributed by atoms with Crippen molar-refractivity contribution >= 4 is 22.1 Å². The van der Waals surface area contributed by atoms with Crippen molar-refractivity contribution in [3.8, 4) is 5.69 Å². The first-order valence-corrected chi connectivity index (χ1v) is 8.64. The van der Waals surface area contributed by atoms with E-state index in [-0.39, 0.29) is 22.1 Å². The first kappa shape index (κ1) is 16.3. The van der Waals surface area contributed by atoms with Gasteiger partial charge in [-0.3, -0.25) is 14.2 Å². The predicted octanol–water partition coefficient (Wildman–Crippen LogP) is 3.75. The topological polar surface area (TPSA) is 65.1 Å². The maximum absolute atomic E-state index is 13.2. The number of aryl methyl sites for hydroxylation is 2. The molecule has 26 heavy (non-hydrogen) atoms. The van der Waals surface area contributed by atoms with Crippen molar-refractivity contribution in [1.82, 2.24) is 9.55 Å². The molecule has 0 bridgehead atoms. The quantitative estimate of drug-likeness (QED) is 0.530. The standard InChI is InChI=1S/C21H18N2O3/c1-3-6-17-22-20-18(19(24)15-7-4-5-8-16(15)26-20)21(25)23(17)14-11-9-13(2)10-12-14/h4-5,7-12H,3,6H2,1-2H3. The Morgan fingerprint density at radius 3 is 2.50 bits per heavy atom. The lowest BCUT2D eigenvalue weighted by atomic mass is 10.2. The molecule has 0 spiro atoms. The summed E-state index contributed by atoms with van der Waals surface area (Å²) in [5.74, 6) is 0.590. The summed E-state index contributed by atoms with van der Waals surface area (Å²) in [5, 5.41) is 0.377. The van der Waals surface area contributed by atoms with E-state index in [1.54, 1.807) is 24.3 Å². The molecule has 0 fully saturated rings. The smallest absolute Gasteiger partial charge is 0.273 e. The summed E-state index contributed by atoms with van der Waals surface area (Å²) >= 11 is 0. The number of para-hydroxylation sites is 1. The molecule has 0 aliphatic heterocycles. The van der Waals surface area contributed by atoms with Gasteiger partial charge in [-0.2, -0.15) is 4.98 Å². The zero-order valence-corrected chi connectivity index (χ0v) is 14.7. The highest BCUT2D eigenvalue weighted by molar-refractivity contribution is 5.87. The molecular formula is C21H18N2O3. The van der Waals surface area contributed by atoms with Crippen molar-refractivity contribution in [1.29, 1.82) is 0 Å². The van der Waals surface area contributed by atoms with Gasteiger partial charge in [0, 0.05) is 6.42 Å². The number of benzene rings is 2. The van der Waals surface area contributed by atoms with Gasteiger partial charge in [-0.15, -0.1) is 0 Å². The summed E-state index contributed by atoms with van der Waals surface area (Å²) in [5.41, 5.74) is 1.60. The van der Waals surface area contributed by atoms with Crippen LogP contribution < -0.4 is 11.0 Å². The van der Waals surface area contributed by atoms with Crippen LogP contribution in [0.1, 0.15) is 24.7 Å². The van der Waals surface area contributed by atoms with Gasteiger partial charge in [0.15, 0.2) is 5.39 Å². The number of nitrogens with zero attached hydrogens (tertiary/aromatic N) is 2. The maximum Gasteiger partial charge on any atom is 0.273 e.